The van der Waals surface area contributed by atoms with E-state index >= 15 is 0 Å². The molecule has 2 radical (unpaired) electrons. The summed E-state index contributed by atoms with van der Waals surface area (Å²) in [5.41, 5.74) is 0. The van der Waals surface area contributed by atoms with Crippen LogP contribution in [0.25, 0.3) is 0 Å². The van der Waals surface area contributed by atoms with Gasteiger partial charge in [0.05, 0.1) is 13.2 Å². The Hall–Kier alpha value is -0.315. The molecule has 1 aliphatic heterocycles. The van der Waals surface area contributed by atoms with Crippen molar-refractivity contribution in [1.82, 2.24) is 4.90 Å². The van der Waals surface area contributed by atoms with Crippen LogP contribution in [-0.4, -0.2) is 39.0 Å². The molecule has 0 N–H and O–H groups in total. The lowest BCUT2D eigenvalue weighted by atomic mass is 10.1. The molecule has 0 aliphatic carbocycles. The lowest BCUT2D eigenvalue weighted by molar-refractivity contribution is 0.0346. The van der Waals surface area contributed by atoms with Crippen molar-refractivity contribution in [2.24, 2.45) is 0 Å². The van der Waals surface area contributed by atoms with Crippen LogP contribution < -0.4 is 4.78 Å². The van der Waals surface area contributed by atoms with Gasteiger partial charge in [0.2, 0.25) is 0 Å². The second-order valence-electron chi connectivity index (χ2n) is 3.19. The minimum Gasteiger partial charge on any atom is -0.379 e. The highest BCUT2D eigenvalue weighted by molar-refractivity contribution is 7.20. The first-order valence-electron chi connectivity index (χ1n) is 4.49. The Morgan fingerprint density at radius 2 is 2.15 bits per heavy atom. The molecule has 2 heterocycles. The van der Waals surface area contributed by atoms with Crippen molar-refractivity contribution in [3.05, 3.63) is 17.0 Å². The van der Waals surface area contributed by atoms with E-state index in [1.54, 1.807) is 11.3 Å². The standard InChI is InChI=1S/C9H12BNOS/c10-9-2-1-8(13-9)7-11-3-5-12-6-4-11/h1-2H,3-7H2. The average Bonchev–Trinajstić information content (AvgIpc) is 2.53. The number of nitrogens with zero attached hydrogens (tertiary/aromatic N) is 1. The van der Waals surface area contributed by atoms with Crippen LogP contribution >= 0.6 is 11.3 Å². The van der Waals surface area contributed by atoms with Gasteiger partial charge in [-0.25, -0.2) is 0 Å². The normalized spacial score (nSPS) is 19.1. The first-order valence-corrected chi connectivity index (χ1v) is 5.30. The van der Waals surface area contributed by atoms with Gasteiger partial charge in [-0.3, -0.25) is 4.90 Å². The molecular weight excluding hydrogens is 181 g/mol. The monoisotopic (exact) mass is 193 g/mol. The maximum atomic E-state index is 5.66. The summed E-state index contributed by atoms with van der Waals surface area (Å²) in [5, 5.41) is 0. The molecule has 1 saturated heterocycles. The largest absolute Gasteiger partial charge is 0.379 e. The summed E-state index contributed by atoms with van der Waals surface area (Å²) in [5.74, 6) is 0. The minimum atomic E-state index is 0.862. The van der Waals surface area contributed by atoms with E-state index in [0.717, 1.165) is 37.6 Å². The molecule has 13 heavy (non-hydrogen) atoms. The zero-order chi connectivity index (χ0) is 9.10. The van der Waals surface area contributed by atoms with Gasteiger partial charge in [0.25, 0.3) is 0 Å². The Balaban J connectivity index is 1.89. The maximum absolute atomic E-state index is 5.66. The molecule has 1 aromatic heterocycles. The van der Waals surface area contributed by atoms with E-state index in [1.807, 2.05) is 6.07 Å². The van der Waals surface area contributed by atoms with Crippen LogP contribution in [0.2, 0.25) is 0 Å². The van der Waals surface area contributed by atoms with Crippen molar-refractivity contribution in [3.8, 4) is 0 Å². The Bertz CT molecular complexity index is 270. The van der Waals surface area contributed by atoms with Crippen LogP contribution in [0.3, 0.4) is 0 Å². The molecule has 0 atom stereocenters. The third-order valence-corrected chi connectivity index (χ3v) is 3.06. The summed E-state index contributed by atoms with van der Waals surface area (Å²) < 4.78 is 6.19. The summed E-state index contributed by atoms with van der Waals surface area (Å²) >= 11 is 1.68. The fraction of sp³-hybridized carbons (Fsp3) is 0.556. The van der Waals surface area contributed by atoms with Crippen LogP contribution in [0.15, 0.2) is 12.1 Å². The van der Waals surface area contributed by atoms with Gasteiger partial charge in [-0.2, -0.15) is 11.3 Å². The van der Waals surface area contributed by atoms with Crippen LogP contribution in [0.5, 0.6) is 0 Å². The fourth-order valence-corrected chi connectivity index (χ4v) is 2.28. The summed E-state index contributed by atoms with van der Waals surface area (Å²) in [4.78, 5) is 3.74. The third kappa shape index (κ3) is 2.56. The number of rotatable bonds is 2. The van der Waals surface area contributed by atoms with Gasteiger partial charge in [-0.05, 0) is 10.8 Å². The number of hydrogen-bond donors (Lipinski definition) is 0. The molecule has 2 rings (SSSR count). The molecule has 0 unspecified atom stereocenters. The molecule has 0 amide bonds. The van der Waals surface area contributed by atoms with Crippen molar-refractivity contribution in [3.63, 3.8) is 0 Å². The number of morpholine rings is 1. The first kappa shape index (κ1) is 9.25. The van der Waals surface area contributed by atoms with Crippen LogP contribution in [0.1, 0.15) is 4.88 Å². The van der Waals surface area contributed by atoms with Crippen LogP contribution in [-0.2, 0) is 11.3 Å². The Morgan fingerprint density at radius 3 is 2.77 bits per heavy atom. The molecular formula is C9H12BNOS. The quantitative estimate of drug-likeness (QED) is 0.629. The minimum absolute atomic E-state index is 0.862. The topological polar surface area (TPSA) is 12.5 Å². The number of hydrogen-bond acceptors (Lipinski definition) is 3. The summed E-state index contributed by atoms with van der Waals surface area (Å²) in [7, 11) is 5.66. The SMILES string of the molecule is [B]c1ccc(CN2CCOCC2)s1. The summed E-state index contributed by atoms with van der Waals surface area (Å²) in [6.07, 6.45) is 0. The van der Waals surface area contributed by atoms with Gasteiger partial charge >= 0.3 is 0 Å². The molecule has 68 valence electrons. The molecule has 1 fully saturated rings. The van der Waals surface area contributed by atoms with Crippen molar-refractivity contribution in [2.45, 2.75) is 6.54 Å². The maximum Gasteiger partial charge on any atom is 0.128 e. The highest BCUT2D eigenvalue weighted by Crippen LogP contribution is 2.10. The molecule has 0 saturated carbocycles. The van der Waals surface area contributed by atoms with E-state index in [4.69, 9.17) is 12.6 Å². The lowest BCUT2D eigenvalue weighted by Crippen LogP contribution is -2.35. The van der Waals surface area contributed by atoms with Gasteiger partial charge in [0, 0.05) is 24.5 Å². The van der Waals surface area contributed by atoms with Gasteiger partial charge in [0.1, 0.15) is 7.85 Å². The average molecular weight is 193 g/mol. The van der Waals surface area contributed by atoms with E-state index in [-0.39, 0.29) is 0 Å². The van der Waals surface area contributed by atoms with E-state index in [0.29, 0.717) is 0 Å². The smallest absolute Gasteiger partial charge is 0.128 e. The molecule has 2 nitrogen and oxygen atoms in total. The van der Waals surface area contributed by atoms with E-state index in [9.17, 15) is 0 Å². The second-order valence-corrected chi connectivity index (χ2v) is 4.39. The zero-order valence-electron chi connectivity index (χ0n) is 7.53. The Morgan fingerprint density at radius 1 is 1.38 bits per heavy atom. The van der Waals surface area contributed by atoms with Gasteiger partial charge < -0.3 is 4.74 Å². The van der Waals surface area contributed by atoms with Crippen molar-refractivity contribution in [1.29, 1.82) is 0 Å². The van der Waals surface area contributed by atoms with Gasteiger partial charge in [-0.1, -0.05) is 6.07 Å². The van der Waals surface area contributed by atoms with Crippen molar-refractivity contribution < 1.29 is 4.74 Å². The third-order valence-electron chi connectivity index (χ3n) is 2.17. The van der Waals surface area contributed by atoms with Gasteiger partial charge in [-0.15, -0.1) is 0 Å². The first-order chi connectivity index (χ1) is 6.34. The van der Waals surface area contributed by atoms with Crippen molar-refractivity contribution in [2.75, 3.05) is 26.3 Å². The summed E-state index contributed by atoms with van der Waals surface area (Å²) in [6, 6.07) is 4.08. The van der Waals surface area contributed by atoms with Crippen molar-refractivity contribution >= 4 is 24.0 Å². The Labute approximate surface area is 83.9 Å². The number of ether oxygens (including phenoxy) is 1. The molecule has 1 aliphatic rings. The van der Waals surface area contributed by atoms with E-state index in [2.05, 4.69) is 11.0 Å². The number of thiophene rings is 1. The van der Waals surface area contributed by atoms with E-state index < -0.39 is 0 Å². The van der Waals surface area contributed by atoms with Crippen LogP contribution in [0, 0.1) is 0 Å². The highest BCUT2D eigenvalue weighted by Gasteiger charge is 2.10. The van der Waals surface area contributed by atoms with E-state index in [1.165, 1.54) is 4.88 Å². The summed E-state index contributed by atoms with van der Waals surface area (Å²) in [6.45, 7) is 4.82. The predicted molar refractivity (Wildman–Crippen MR) is 55.8 cm³/mol. The van der Waals surface area contributed by atoms with Crippen LogP contribution in [0.4, 0.5) is 0 Å². The zero-order valence-corrected chi connectivity index (χ0v) is 8.35. The lowest BCUT2D eigenvalue weighted by Gasteiger charge is -2.25. The predicted octanol–water partition coefficient (Wildman–Crippen LogP) is 0.374. The van der Waals surface area contributed by atoms with Gasteiger partial charge in [0.15, 0.2) is 0 Å². The fourth-order valence-electron chi connectivity index (χ4n) is 1.46. The molecule has 4 heteroatoms. The second kappa shape index (κ2) is 4.27. The molecule has 1 aromatic rings. The molecule has 0 spiro atoms. The Kier molecular flexibility index (Phi) is 3.03. The molecule has 0 bridgehead atoms. The molecule has 0 aromatic carbocycles. The highest BCUT2D eigenvalue weighted by atomic mass is 32.1.